The normalized spacial score (nSPS) is 11.7. The number of rotatable bonds is 4. The number of hydrogen-bond donors (Lipinski definition) is 1. The van der Waals surface area contributed by atoms with E-state index in [0.717, 1.165) is 29.6 Å². The van der Waals surface area contributed by atoms with E-state index in [2.05, 4.69) is 53.2 Å². The van der Waals surface area contributed by atoms with E-state index in [0.29, 0.717) is 11.7 Å². The zero-order chi connectivity index (χ0) is 15.6. The molecule has 0 radical (unpaired) electrons. The van der Waals surface area contributed by atoms with E-state index in [4.69, 9.17) is 11.6 Å². The second-order valence-corrected chi connectivity index (χ2v) is 6.31. The van der Waals surface area contributed by atoms with Gasteiger partial charge in [0.05, 0.1) is 6.54 Å². The highest BCUT2D eigenvalue weighted by Crippen LogP contribution is 2.26. The summed E-state index contributed by atoms with van der Waals surface area (Å²) in [5.74, 6) is 2.33. The van der Waals surface area contributed by atoms with Crippen molar-refractivity contribution >= 4 is 17.4 Å². The molecule has 0 unspecified atom stereocenters. The molecule has 6 nitrogen and oxygen atoms in total. The summed E-state index contributed by atoms with van der Waals surface area (Å²) < 4.78 is 1.98. The number of nitrogens with zero attached hydrogens (tertiary/aromatic N) is 5. The minimum absolute atomic E-state index is 0.156. The van der Waals surface area contributed by atoms with E-state index in [1.54, 1.807) is 6.33 Å². The first-order valence-corrected chi connectivity index (χ1v) is 7.36. The highest BCUT2D eigenvalue weighted by molar-refractivity contribution is 6.30. The topological polar surface area (TPSA) is 68.5 Å². The Balaban J connectivity index is 2.25. The lowest BCUT2D eigenvalue weighted by molar-refractivity contribution is 0.545. The Bertz CT molecular complexity index is 629. The fourth-order valence-electron chi connectivity index (χ4n) is 1.84. The molecule has 0 aromatic carbocycles. The second-order valence-electron chi connectivity index (χ2n) is 5.95. The zero-order valence-electron chi connectivity index (χ0n) is 13.1. The lowest BCUT2D eigenvalue weighted by Crippen LogP contribution is -2.18. The van der Waals surface area contributed by atoms with E-state index in [1.807, 2.05) is 11.5 Å². The highest BCUT2D eigenvalue weighted by Gasteiger charge is 2.20. The van der Waals surface area contributed by atoms with Crippen LogP contribution in [0.15, 0.2) is 6.33 Å². The minimum Gasteiger partial charge on any atom is -0.362 e. The molecule has 1 N–H and O–H groups in total. The summed E-state index contributed by atoms with van der Waals surface area (Å²) >= 11 is 6.22. The average Bonchev–Trinajstić information content (AvgIpc) is 2.86. The maximum atomic E-state index is 6.22. The summed E-state index contributed by atoms with van der Waals surface area (Å²) in [6, 6.07) is 0. The van der Waals surface area contributed by atoms with Gasteiger partial charge in [-0.1, -0.05) is 32.4 Å². The Morgan fingerprint density at radius 1 is 1.29 bits per heavy atom. The predicted octanol–water partition coefficient (Wildman–Crippen LogP) is 2.96. The van der Waals surface area contributed by atoms with Crippen molar-refractivity contribution in [2.75, 3.05) is 5.32 Å². The SMILES string of the molecule is CCn1cnnc1CNc1nc(C(C)(C)C)nc(Cl)c1C. The predicted molar refractivity (Wildman–Crippen MR) is 83.5 cm³/mol. The Hall–Kier alpha value is -1.69. The van der Waals surface area contributed by atoms with Crippen molar-refractivity contribution in [2.24, 2.45) is 0 Å². The van der Waals surface area contributed by atoms with E-state index in [1.165, 1.54) is 0 Å². The summed E-state index contributed by atoms with van der Waals surface area (Å²) in [7, 11) is 0. The molecule has 0 aliphatic carbocycles. The van der Waals surface area contributed by atoms with Crippen molar-refractivity contribution in [3.63, 3.8) is 0 Å². The van der Waals surface area contributed by atoms with Crippen LogP contribution in [0.4, 0.5) is 5.82 Å². The van der Waals surface area contributed by atoms with Crippen LogP contribution in [0.2, 0.25) is 5.15 Å². The fraction of sp³-hybridized carbons (Fsp3) is 0.571. The molecule has 114 valence electrons. The maximum absolute atomic E-state index is 6.22. The molecular weight excluding hydrogens is 288 g/mol. The van der Waals surface area contributed by atoms with Crippen molar-refractivity contribution in [3.8, 4) is 0 Å². The lowest BCUT2D eigenvalue weighted by Gasteiger charge is -2.19. The van der Waals surface area contributed by atoms with Gasteiger partial charge in [0.1, 0.15) is 23.1 Å². The van der Waals surface area contributed by atoms with Crippen LogP contribution >= 0.6 is 11.6 Å². The van der Waals surface area contributed by atoms with Crippen LogP contribution in [-0.2, 0) is 18.5 Å². The monoisotopic (exact) mass is 308 g/mol. The first kappa shape index (κ1) is 15.7. The molecule has 0 saturated heterocycles. The molecule has 21 heavy (non-hydrogen) atoms. The van der Waals surface area contributed by atoms with Crippen molar-refractivity contribution < 1.29 is 0 Å². The van der Waals surface area contributed by atoms with E-state index in [9.17, 15) is 0 Å². The van der Waals surface area contributed by atoms with Gasteiger partial charge in [-0.15, -0.1) is 10.2 Å². The van der Waals surface area contributed by atoms with E-state index in [-0.39, 0.29) is 5.41 Å². The van der Waals surface area contributed by atoms with Crippen molar-refractivity contribution in [3.05, 3.63) is 28.7 Å². The van der Waals surface area contributed by atoms with E-state index >= 15 is 0 Å². The third-order valence-electron chi connectivity index (χ3n) is 3.21. The molecular formula is C14H21ClN6. The molecule has 0 aliphatic rings. The van der Waals surface area contributed by atoms with Gasteiger partial charge in [0, 0.05) is 17.5 Å². The van der Waals surface area contributed by atoms with Gasteiger partial charge in [-0.3, -0.25) is 0 Å². The smallest absolute Gasteiger partial charge is 0.152 e. The molecule has 0 saturated carbocycles. The first-order valence-electron chi connectivity index (χ1n) is 6.98. The van der Waals surface area contributed by atoms with Crippen molar-refractivity contribution in [1.82, 2.24) is 24.7 Å². The van der Waals surface area contributed by atoms with Crippen LogP contribution < -0.4 is 5.32 Å². The largest absolute Gasteiger partial charge is 0.362 e. The molecule has 2 aromatic rings. The number of aromatic nitrogens is 5. The van der Waals surface area contributed by atoms with Crippen LogP contribution in [0.25, 0.3) is 0 Å². The highest BCUT2D eigenvalue weighted by atomic mass is 35.5. The van der Waals surface area contributed by atoms with Gasteiger partial charge in [0.25, 0.3) is 0 Å². The van der Waals surface area contributed by atoms with Crippen LogP contribution in [0, 0.1) is 6.92 Å². The van der Waals surface area contributed by atoms with Crippen LogP contribution in [0.5, 0.6) is 0 Å². The van der Waals surface area contributed by atoms with Gasteiger partial charge in [0.15, 0.2) is 5.82 Å². The Morgan fingerprint density at radius 2 is 2.00 bits per heavy atom. The minimum atomic E-state index is -0.156. The molecule has 0 amide bonds. The summed E-state index contributed by atoms with van der Waals surface area (Å²) in [6.45, 7) is 11.5. The molecule has 0 atom stereocenters. The molecule has 0 spiro atoms. The number of halogens is 1. The van der Waals surface area contributed by atoms with Crippen LogP contribution in [0.1, 0.15) is 44.9 Å². The summed E-state index contributed by atoms with van der Waals surface area (Å²) in [5, 5.41) is 11.8. The second kappa shape index (κ2) is 5.97. The van der Waals surface area contributed by atoms with Gasteiger partial charge in [-0.25, -0.2) is 9.97 Å². The van der Waals surface area contributed by atoms with Gasteiger partial charge >= 0.3 is 0 Å². The average molecular weight is 309 g/mol. The Morgan fingerprint density at radius 3 is 2.62 bits per heavy atom. The standard InChI is InChI=1S/C14H21ClN6/c1-6-21-8-17-20-10(21)7-16-12-9(2)11(15)18-13(19-12)14(3,4)5/h8H,6-7H2,1-5H3,(H,16,18,19). The molecule has 2 rings (SSSR count). The molecule has 0 bridgehead atoms. The summed E-state index contributed by atoms with van der Waals surface area (Å²) in [5.41, 5.74) is 0.684. The first-order chi connectivity index (χ1) is 9.82. The van der Waals surface area contributed by atoms with Gasteiger partial charge in [-0.2, -0.15) is 0 Å². The molecule has 2 aromatic heterocycles. The molecule has 0 aliphatic heterocycles. The summed E-state index contributed by atoms with van der Waals surface area (Å²) in [6.07, 6.45) is 1.72. The molecule has 7 heteroatoms. The summed E-state index contributed by atoms with van der Waals surface area (Å²) in [4.78, 5) is 8.96. The van der Waals surface area contributed by atoms with Crippen molar-refractivity contribution in [1.29, 1.82) is 0 Å². The van der Waals surface area contributed by atoms with E-state index < -0.39 is 0 Å². The quantitative estimate of drug-likeness (QED) is 0.879. The number of hydrogen-bond acceptors (Lipinski definition) is 5. The number of aryl methyl sites for hydroxylation is 1. The lowest BCUT2D eigenvalue weighted by atomic mass is 9.95. The van der Waals surface area contributed by atoms with Gasteiger partial charge in [0.2, 0.25) is 0 Å². The molecule has 2 heterocycles. The number of anilines is 1. The van der Waals surface area contributed by atoms with Gasteiger partial charge < -0.3 is 9.88 Å². The van der Waals surface area contributed by atoms with Crippen LogP contribution in [-0.4, -0.2) is 24.7 Å². The van der Waals surface area contributed by atoms with Crippen LogP contribution in [0.3, 0.4) is 0 Å². The third kappa shape index (κ3) is 3.50. The Kier molecular flexibility index (Phi) is 4.46. The molecule has 0 fully saturated rings. The number of nitrogens with one attached hydrogen (secondary N) is 1. The van der Waals surface area contributed by atoms with Gasteiger partial charge in [-0.05, 0) is 13.8 Å². The Labute approximate surface area is 130 Å². The zero-order valence-corrected chi connectivity index (χ0v) is 13.9. The fourth-order valence-corrected chi connectivity index (χ4v) is 2.01. The maximum Gasteiger partial charge on any atom is 0.152 e. The van der Waals surface area contributed by atoms with Crippen molar-refractivity contribution in [2.45, 2.75) is 53.1 Å². The third-order valence-corrected chi connectivity index (χ3v) is 3.58.